The first-order valence-corrected chi connectivity index (χ1v) is 15.3. The monoisotopic (exact) mass is 547 g/mol. The normalized spacial score (nSPS) is 15.7. The minimum atomic E-state index is -3.53. The third-order valence-corrected chi connectivity index (χ3v) is 9.80. The smallest absolute Gasteiger partial charge is 0.243 e. The minimum Gasteiger partial charge on any atom is -0.383 e. The lowest BCUT2D eigenvalue weighted by Gasteiger charge is -2.31. The number of benzene rings is 3. The van der Waals surface area contributed by atoms with Crippen molar-refractivity contribution in [1.82, 2.24) is 8.87 Å². The summed E-state index contributed by atoms with van der Waals surface area (Å²) in [6.45, 7) is 2.33. The van der Waals surface area contributed by atoms with E-state index in [2.05, 4.69) is 34.2 Å². The largest absolute Gasteiger partial charge is 0.383 e. The Kier molecular flexibility index (Phi) is 8.54. The van der Waals surface area contributed by atoms with E-state index in [1.54, 1.807) is 34.9 Å². The first kappa shape index (κ1) is 26.6. The van der Waals surface area contributed by atoms with Gasteiger partial charge in [-0.15, -0.1) is 11.3 Å². The van der Waals surface area contributed by atoms with Crippen LogP contribution in [-0.4, -0.2) is 44.1 Å². The van der Waals surface area contributed by atoms with E-state index in [-0.39, 0.29) is 0 Å². The van der Waals surface area contributed by atoms with Crippen LogP contribution in [0.1, 0.15) is 18.4 Å². The first-order valence-electron chi connectivity index (χ1n) is 13.0. The molecule has 1 aliphatic heterocycles. The molecule has 1 fully saturated rings. The molecular weight excluding hydrogens is 514 g/mol. The molecule has 6 nitrogen and oxygen atoms in total. The van der Waals surface area contributed by atoms with E-state index >= 15 is 0 Å². The lowest BCUT2D eigenvalue weighted by molar-refractivity contribution is 0.187. The van der Waals surface area contributed by atoms with Gasteiger partial charge >= 0.3 is 0 Å². The van der Waals surface area contributed by atoms with Crippen LogP contribution in [0.4, 0.5) is 5.69 Å². The van der Waals surface area contributed by atoms with Crippen molar-refractivity contribution in [2.45, 2.75) is 30.7 Å². The Morgan fingerprint density at radius 3 is 2.24 bits per heavy atom. The van der Waals surface area contributed by atoms with Gasteiger partial charge < -0.3 is 9.30 Å². The number of methoxy groups -OCH3 is 1. The second kappa shape index (κ2) is 12.2. The molecule has 38 heavy (non-hydrogen) atoms. The highest BCUT2D eigenvalue weighted by Crippen LogP contribution is 2.28. The molecule has 0 spiro atoms. The molecule has 0 radical (unpaired) electrons. The maximum absolute atomic E-state index is 13.4. The van der Waals surface area contributed by atoms with Gasteiger partial charge in [-0.25, -0.2) is 13.4 Å². The summed E-state index contributed by atoms with van der Waals surface area (Å²) < 4.78 is 35.9. The van der Waals surface area contributed by atoms with Crippen LogP contribution in [0, 0.1) is 5.92 Å². The van der Waals surface area contributed by atoms with Crippen LogP contribution in [0.5, 0.6) is 0 Å². The molecule has 8 heteroatoms. The number of nitrogens with zero attached hydrogens (tertiary/aromatic N) is 3. The zero-order valence-corrected chi connectivity index (χ0v) is 23.2. The second-order valence-electron chi connectivity index (χ2n) is 9.56. The van der Waals surface area contributed by atoms with Crippen molar-refractivity contribution in [3.05, 3.63) is 101 Å². The molecule has 0 N–H and O–H groups in total. The molecule has 5 rings (SSSR count). The molecule has 0 aliphatic carbocycles. The predicted molar refractivity (Wildman–Crippen MR) is 153 cm³/mol. The quantitative estimate of drug-likeness (QED) is 0.269. The summed E-state index contributed by atoms with van der Waals surface area (Å²) in [5, 5.41) is 2.07. The van der Waals surface area contributed by atoms with Crippen LogP contribution in [0.3, 0.4) is 0 Å². The molecular formula is C30H33N3O3S2. The Hall–Kier alpha value is -3.04. The Morgan fingerprint density at radius 2 is 1.58 bits per heavy atom. The van der Waals surface area contributed by atoms with Gasteiger partial charge in [0.05, 0.1) is 22.9 Å². The van der Waals surface area contributed by atoms with Crippen molar-refractivity contribution in [2.24, 2.45) is 10.9 Å². The summed E-state index contributed by atoms with van der Waals surface area (Å²) in [6, 6.07) is 27.6. The maximum Gasteiger partial charge on any atom is 0.243 e. The number of aromatic nitrogens is 1. The average Bonchev–Trinajstić information content (AvgIpc) is 3.35. The Labute approximate surface area is 228 Å². The lowest BCUT2D eigenvalue weighted by atomic mass is 9.91. The number of hydrogen-bond acceptors (Lipinski definition) is 5. The fourth-order valence-electron chi connectivity index (χ4n) is 4.91. The maximum atomic E-state index is 13.4. The van der Waals surface area contributed by atoms with Gasteiger partial charge in [0.2, 0.25) is 10.0 Å². The van der Waals surface area contributed by atoms with Gasteiger partial charge in [0.15, 0.2) is 4.80 Å². The van der Waals surface area contributed by atoms with Crippen LogP contribution in [0.25, 0.3) is 11.3 Å². The first-order chi connectivity index (χ1) is 18.5. The zero-order chi connectivity index (χ0) is 26.4. The molecule has 0 unspecified atom stereocenters. The number of thiazole rings is 1. The van der Waals surface area contributed by atoms with Crippen LogP contribution in [0.15, 0.2) is 100 Å². The summed E-state index contributed by atoms with van der Waals surface area (Å²) in [6.07, 6.45) is 2.77. The number of para-hydroxylation sites is 1. The Morgan fingerprint density at radius 1 is 0.921 bits per heavy atom. The summed E-state index contributed by atoms with van der Waals surface area (Å²) in [4.78, 5) is 6.03. The summed E-state index contributed by atoms with van der Waals surface area (Å²) >= 11 is 1.56. The molecule has 2 heterocycles. The van der Waals surface area contributed by atoms with E-state index in [1.165, 1.54) is 5.56 Å². The Bertz CT molecular complexity index is 1490. The fraction of sp³-hybridized carbons (Fsp3) is 0.300. The molecule has 0 amide bonds. The Balaban J connectivity index is 1.32. The fourth-order valence-corrected chi connectivity index (χ4v) is 7.33. The number of piperidine rings is 1. The zero-order valence-electron chi connectivity index (χ0n) is 21.6. The molecule has 1 aliphatic rings. The van der Waals surface area contributed by atoms with E-state index < -0.39 is 10.0 Å². The predicted octanol–water partition coefficient (Wildman–Crippen LogP) is 5.74. The molecule has 0 saturated carbocycles. The summed E-state index contributed by atoms with van der Waals surface area (Å²) in [5.74, 6) is 0.517. The van der Waals surface area contributed by atoms with Gasteiger partial charge in [-0.3, -0.25) is 0 Å². The number of sulfonamides is 1. The van der Waals surface area contributed by atoms with E-state index in [4.69, 9.17) is 9.73 Å². The minimum absolute atomic E-state index is 0.343. The SMILES string of the molecule is COCCn1c(-c2ccc(S(=O)(=O)N3CCC(Cc4ccccc4)CC3)cc2)csc1=Nc1ccccc1. The molecule has 3 aromatic carbocycles. The van der Waals surface area contributed by atoms with Crippen molar-refractivity contribution < 1.29 is 13.2 Å². The molecule has 0 bridgehead atoms. The molecule has 4 aromatic rings. The van der Waals surface area contributed by atoms with Crippen LogP contribution in [-0.2, 0) is 27.7 Å². The van der Waals surface area contributed by atoms with Crippen molar-refractivity contribution in [1.29, 1.82) is 0 Å². The second-order valence-corrected chi connectivity index (χ2v) is 12.3. The van der Waals surface area contributed by atoms with Crippen molar-refractivity contribution >= 4 is 27.0 Å². The van der Waals surface area contributed by atoms with Gasteiger partial charge in [-0.1, -0.05) is 60.7 Å². The summed E-state index contributed by atoms with van der Waals surface area (Å²) in [5.41, 5.74) is 4.15. The van der Waals surface area contributed by atoms with E-state index in [9.17, 15) is 8.42 Å². The third kappa shape index (κ3) is 6.15. The molecule has 198 valence electrons. The topological polar surface area (TPSA) is 63.9 Å². The van der Waals surface area contributed by atoms with E-state index in [1.807, 2.05) is 48.5 Å². The highest BCUT2D eigenvalue weighted by molar-refractivity contribution is 7.89. The average molecular weight is 548 g/mol. The van der Waals surface area contributed by atoms with Gasteiger partial charge in [0, 0.05) is 32.1 Å². The molecule has 0 atom stereocenters. The number of ether oxygens (including phenoxy) is 1. The van der Waals surface area contributed by atoms with Crippen molar-refractivity contribution in [3.8, 4) is 11.3 Å². The van der Waals surface area contributed by atoms with E-state index in [0.29, 0.717) is 37.1 Å². The van der Waals surface area contributed by atoms with Gasteiger partial charge in [0.25, 0.3) is 0 Å². The molecule has 1 aromatic heterocycles. The standard InChI is InChI=1S/C30H33N3O3S2/c1-36-21-20-33-29(23-37-30(33)31-27-10-6-3-7-11-27)26-12-14-28(15-13-26)38(34,35)32-18-16-25(17-19-32)22-24-8-4-2-5-9-24/h2-15,23,25H,16-22H2,1H3. The molecule has 1 saturated heterocycles. The van der Waals surface area contributed by atoms with Gasteiger partial charge in [-0.05, 0) is 60.6 Å². The van der Waals surface area contributed by atoms with Crippen molar-refractivity contribution in [2.75, 3.05) is 26.8 Å². The lowest BCUT2D eigenvalue weighted by Crippen LogP contribution is -2.38. The van der Waals surface area contributed by atoms with Crippen molar-refractivity contribution in [3.63, 3.8) is 0 Å². The van der Waals surface area contributed by atoms with Crippen LogP contribution in [0.2, 0.25) is 0 Å². The summed E-state index contributed by atoms with van der Waals surface area (Å²) in [7, 11) is -1.84. The van der Waals surface area contributed by atoms with E-state index in [0.717, 1.165) is 41.0 Å². The van der Waals surface area contributed by atoms with Gasteiger partial charge in [-0.2, -0.15) is 4.31 Å². The third-order valence-electron chi connectivity index (χ3n) is 7.03. The number of rotatable bonds is 9. The van der Waals surface area contributed by atoms with Crippen LogP contribution < -0.4 is 4.80 Å². The number of hydrogen-bond donors (Lipinski definition) is 0. The highest BCUT2D eigenvalue weighted by Gasteiger charge is 2.29. The highest BCUT2D eigenvalue weighted by atomic mass is 32.2. The van der Waals surface area contributed by atoms with Crippen LogP contribution >= 0.6 is 11.3 Å². The van der Waals surface area contributed by atoms with Gasteiger partial charge in [0.1, 0.15) is 0 Å².